The van der Waals surface area contributed by atoms with E-state index in [2.05, 4.69) is 0 Å². The highest BCUT2D eigenvalue weighted by atomic mass is 35.5. The highest BCUT2D eigenvalue weighted by molar-refractivity contribution is 7.80. The Bertz CT molecular complexity index is 664. The molecular formula is C14H10Cl2FNOS. The highest BCUT2D eigenvalue weighted by Gasteiger charge is 2.12. The van der Waals surface area contributed by atoms with Crippen LogP contribution in [0.5, 0.6) is 5.75 Å². The Morgan fingerprint density at radius 3 is 2.50 bits per heavy atom. The van der Waals surface area contributed by atoms with Crippen LogP contribution in [0, 0.1) is 5.82 Å². The molecule has 6 heteroatoms. The second kappa shape index (κ2) is 6.39. The molecule has 0 amide bonds. The van der Waals surface area contributed by atoms with E-state index < -0.39 is 5.82 Å². The highest BCUT2D eigenvalue weighted by Crippen LogP contribution is 2.27. The number of benzene rings is 2. The number of thiocarbonyl (C=S) groups is 1. The maximum Gasteiger partial charge on any atom is 0.148 e. The van der Waals surface area contributed by atoms with Gasteiger partial charge in [-0.15, -0.1) is 0 Å². The second-order valence-corrected chi connectivity index (χ2v) is 5.23. The summed E-state index contributed by atoms with van der Waals surface area (Å²) in [6.07, 6.45) is 0. The van der Waals surface area contributed by atoms with Crippen LogP contribution >= 0.6 is 35.4 Å². The van der Waals surface area contributed by atoms with Gasteiger partial charge in [0.1, 0.15) is 23.2 Å². The largest absolute Gasteiger partial charge is 0.488 e. The molecule has 20 heavy (non-hydrogen) atoms. The molecule has 104 valence electrons. The van der Waals surface area contributed by atoms with E-state index in [0.717, 1.165) is 0 Å². The van der Waals surface area contributed by atoms with Gasteiger partial charge in [0.2, 0.25) is 0 Å². The molecule has 0 atom stereocenters. The molecule has 0 saturated carbocycles. The van der Waals surface area contributed by atoms with Crippen molar-refractivity contribution in [1.29, 1.82) is 0 Å². The van der Waals surface area contributed by atoms with Crippen LogP contribution in [-0.2, 0) is 6.61 Å². The zero-order valence-corrected chi connectivity index (χ0v) is 12.5. The van der Waals surface area contributed by atoms with Crippen molar-refractivity contribution in [3.8, 4) is 5.75 Å². The van der Waals surface area contributed by atoms with Gasteiger partial charge in [-0.1, -0.05) is 53.6 Å². The number of hydrogen-bond donors (Lipinski definition) is 1. The molecule has 0 saturated heterocycles. The maximum absolute atomic E-state index is 13.8. The van der Waals surface area contributed by atoms with Crippen LogP contribution in [-0.4, -0.2) is 4.99 Å². The molecule has 2 aromatic carbocycles. The summed E-state index contributed by atoms with van der Waals surface area (Å²) in [5.41, 5.74) is 6.39. The van der Waals surface area contributed by atoms with Crippen molar-refractivity contribution in [1.82, 2.24) is 0 Å². The molecule has 0 fully saturated rings. The number of ether oxygens (including phenoxy) is 1. The first-order chi connectivity index (χ1) is 9.50. The quantitative estimate of drug-likeness (QED) is 0.847. The van der Waals surface area contributed by atoms with Gasteiger partial charge in [0.15, 0.2) is 0 Å². The van der Waals surface area contributed by atoms with E-state index in [-0.39, 0.29) is 16.6 Å². The van der Waals surface area contributed by atoms with Gasteiger partial charge in [-0.05, 0) is 18.2 Å². The summed E-state index contributed by atoms with van der Waals surface area (Å²) in [4.78, 5) is 0.122. The van der Waals surface area contributed by atoms with Gasteiger partial charge in [-0.2, -0.15) is 0 Å². The molecule has 0 bridgehead atoms. The zero-order valence-electron chi connectivity index (χ0n) is 10.2. The number of hydrogen-bond acceptors (Lipinski definition) is 2. The fourth-order valence-corrected chi connectivity index (χ4v) is 2.41. The van der Waals surface area contributed by atoms with E-state index in [9.17, 15) is 4.39 Å². The van der Waals surface area contributed by atoms with Crippen molar-refractivity contribution in [2.24, 2.45) is 5.73 Å². The molecule has 0 aromatic heterocycles. The summed E-state index contributed by atoms with van der Waals surface area (Å²) in [7, 11) is 0. The summed E-state index contributed by atoms with van der Waals surface area (Å²) in [6, 6.07) is 9.74. The Kier molecular flexibility index (Phi) is 4.81. The third-order valence-corrected chi connectivity index (χ3v) is 3.45. The second-order valence-electron chi connectivity index (χ2n) is 3.98. The molecular weight excluding hydrogens is 320 g/mol. The third-order valence-electron chi connectivity index (χ3n) is 2.64. The van der Waals surface area contributed by atoms with E-state index in [1.165, 1.54) is 6.07 Å². The van der Waals surface area contributed by atoms with Crippen LogP contribution in [0.25, 0.3) is 0 Å². The van der Waals surface area contributed by atoms with Crippen LogP contribution in [0.1, 0.15) is 11.1 Å². The minimum absolute atomic E-state index is 0.00233. The number of halogens is 3. The summed E-state index contributed by atoms with van der Waals surface area (Å²) in [5, 5.41) is 0.438. The van der Waals surface area contributed by atoms with E-state index in [1.807, 2.05) is 0 Å². The van der Waals surface area contributed by atoms with Gasteiger partial charge in [-0.25, -0.2) is 4.39 Å². The summed E-state index contributed by atoms with van der Waals surface area (Å²) >= 11 is 16.7. The van der Waals surface area contributed by atoms with Crippen LogP contribution < -0.4 is 10.5 Å². The SMILES string of the molecule is NC(=S)c1c(Cl)cccc1OCc1cccc(Cl)c1F. The molecule has 0 unspecified atom stereocenters. The van der Waals surface area contributed by atoms with Crippen molar-refractivity contribution in [3.05, 3.63) is 63.4 Å². The molecule has 2 N–H and O–H groups in total. The molecule has 0 aliphatic heterocycles. The predicted octanol–water partition coefficient (Wildman–Crippen LogP) is 4.35. The zero-order chi connectivity index (χ0) is 14.7. The van der Waals surface area contributed by atoms with Gasteiger partial charge < -0.3 is 10.5 Å². The third kappa shape index (κ3) is 3.20. The Labute approximate surface area is 131 Å². The molecule has 0 radical (unpaired) electrons. The molecule has 2 rings (SSSR count). The summed E-state index contributed by atoms with van der Waals surface area (Å²) < 4.78 is 19.3. The lowest BCUT2D eigenvalue weighted by atomic mass is 10.2. The van der Waals surface area contributed by atoms with E-state index >= 15 is 0 Å². The predicted molar refractivity (Wildman–Crippen MR) is 83.1 cm³/mol. The van der Waals surface area contributed by atoms with Crippen molar-refractivity contribution < 1.29 is 9.13 Å². The van der Waals surface area contributed by atoms with Crippen LogP contribution in [0.2, 0.25) is 10.0 Å². The Hall–Kier alpha value is -1.36. The molecule has 0 heterocycles. The lowest BCUT2D eigenvalue weighted by Crippen LogP contribution is -2.12. The Balaban J connectivity index is 2.26. The molecule has 2 nitrogen and oxygen atoms in total. The smallest absolute Gasteiger partial charge is 0.148 e. The first-order valence-corrected chi connectivity index (χ1v) is 6.81. The molecule has 0 aliphatic carbocycles. The molecule has 0 spiro atoms. The first-order valence-electron chi connectivity index (χ1n) is 5.64. The monoisotopic (exact) mass is 329 g/mol. The summed E-state index contributed by atoms with van der Waals surface area (Å²) in [6.45, 7) is 0.00233. The Morgan fingerprint density at radius 2 is 1.80 bits per heavy atom. The van der Waals surface area contributed by atoms with Crippen molar-refractivity contribution in [3.63, 3.8) is 0 Å². The maximum atomic E-state index is 13.8. The van der Waals surface area contributed by atoms with E-state index in [4.69, 9.17) is 45.9 Å². The normalized spacial score (nSPS) is 10.3. The first kappa shape index (κ1) is 15.0. The van der Waals surface area contributed by atoms with E-state index in [0.29, 0.717) is 21.9 Å². The van der Waals surface area contributed by atoms with E-state index in [1.54, 1.807) is 30.3 Å². The lowest BCUT2D eigenvalue weighted by molar-refractivity contribution is 0.299. The number of nitrogens with two attached hydrogens (primary N) is 1. The Morgan fingerprint density at radius 1 is 1.15 bits per heavy atom. The standard InChI is InChI=1S/C14H10Cl2FNOS/c15-9-4-2-6-11(12(9)14(18)20)19-7-8-3-1-5-10(16)13(8)17/h1-6H,7H2,(H2,18,20). The minimum Gasteiger partial charge on any atom is -0.488 e. The van der Waals surface area contributed by atoms with Gasteiger partial charge in [0, 0.05) is 5.56 Å². The van der Waals surface area contributed by atoms with Crippen molar-refractivity contribution >= 4 is 40.4 Å². The molecule has 0 aliphatic rings. The van der Waals surface area contributed by atoms with Crippen LogP contribution in [0.4, 0.5) is 4.39 Å². The van der Waals surface area contributed by atoms with Crippen LogP contribution in [0.3, 0.4) is 0 Å². The minimum atomic E-state index is -0.506. The van der Waals surface area contributed by atoms with Gasteiger partial charge in [-0.3, -0.25) is 0 Å². The fourth-order valence-electron chi connectivity index (χ4n) is 1.68. The van der Waals surface area contributed by atoms with Crippen molar-refractivity contribution in [2.45, 2.75) is 6.61 Å². The molecule has 2 aromatic rings. The van der Waals surface area contributed by atoms with Gasteiger partial charge >= 0.3 is 0 Å². The average Bonchev–Trinajstić information content (AvgIpc) is 2.40. The number of rotatable bonds is 4. The topological polar surface area (TPSA) is 35.2 Å². The fraction of sp³-hybridized carbons (Fsp3) is 0.0714. The van der Waals surface area contributed by atoms with Crippen LogP contribution in [0.15, 0.2) is 36.4 Å². The summed E-state index contributed by atoms with van der Waals surface area (Å²) in [5.74, 6) is -0.0996. The lowest BCUT2D eigenvalue weighted by Gasteiger charge is -2.12. The average molecular weight is 330 g/mol. The van der Waals surface area contributed by atoms with Gasteiger partial charge in [0.25, 0.3) is 0 Å². The van der Waals surface area contributed by atoms with Gasteiger partial charge in [0.05, 0.1) is 15.6 Å². The van der Waals surface area contributed by atoms with Crippen molar-refractivity contribution in [2.75, 3.05) is 0 Å².